The van der Waals surface area contributed by atoms with Gasteiger partial charge in [-0.05, 0) is 43.1 Å². The Bertz CT molecular complexity index is 548. The number of hydrogen-bond acceptors (Lipinski definition) is 3. The highest BCUT2D eigenvalue weighted by molar-refractivity contribution is 6.30. The van der Waals surface area contributed by atoms with Gasteiger partial charge < -0.3 is 5.32 Å². The van der Waals surface area contributed by atoms with Gasteiger partial charge >= 0.3 is 0 Å². The number of benzene rings is 1. The van der Waals surface area contributed by atoms with E-state index in [4.69, 9.17) is 11.6 Å². The first-order chi connectivity index (χ1) is 9.70. The minimum atomic E-state index is -0.295. The standard InChI is InChI=1S/C15H17ClFN3/c1-2-6-18-14(15-19-7-3-8-20-15)9-11-4-5-12(16)10-13(11)17/h3-5,7-8,10,14,18H,2,6,9H2,1H3. The second-order valence-electron chi connectivity index (χ2n) is 4.55. The van der Waals surface area contributed by atoms with Gasteiger partial charge in [0, 0.05) is 17.4 Å². The van der Waals surface area contributed by atoms with Crippen LogP contribution in [0.25, 0.3) is 0 Å². The summed E-state index contributed by atoms with van der Waals surface area (Å²) < 4.78 is 13.9. The van der Waals surface area contributed by atoms with E-state index in [2.05, 4.69) is 22.2 Å². The summed E-state index contributed by atoms with van der Waals surface area (Å²) in [5.74, 6) is 0.382. The molecule has 1 unspecified atom stereocenters. The van der Waals surface area contributed by atoms with Crippen LogP contribution in [0, 0.1) is 5.82 Å². The number of rotatable bonds is 6. The average Bonchev–Trinajstić information content (AvgIpc) is 2.46. The molecular formula is C15H17ClFN3. The Morgan fingerprint density at radius 3 is 2.70 bits per heavy atom. The maximum atomic E-state index is 13.9. The fourth-order valence-electron chi connectivity index (χ4n) is 1.97. The van der Waals surface area contributed by atoms with Gasteiger partial charge in [-0.25, -0.2) is 14.4 Å². The smallest absolute Gasteiger partial charge is 0.145 e. The molecule has 3 nitrogen and oxygen atoms in total. The van der Waals surface area contributed by atoms with Crippen LogP contribution in [0.5, 0.6) is 0 Å². The average molecular weight is 294 g/mol. The zero-order chi connectivity index (χ0) is 14.4. The summed E-state index contributed by atoms with van der Waals surface area (Å²) in [6, 6.07) is 6.40. The van der Waals surface area contributed by atoms with E-state index in [0.717, 1.165) is 13.0 Å². The Morgan fingerprint density at radius 1 is 1.30 bits per heavy atom. The first-order valence-electron chi connectivity index (χ1n) is 6.65. The predicted molar refractivity (Wildman–Crippen MR) is 78.2 cm³/mol. The SMILES string of the molecule is CCCNC(Cc1ccc(Cl)cc1F)c1ncccn1. The van der Waals surface area contributed by atoms with Crippen molar-refractivity contribution in [1.29, 1.82) is 0 Å². The zero-order valence-corrected chi connectivity index (χ0v) is 12.1. The summed E-state index contributed by atoms with van der Waals surface area (Å²) >= 11 is 5.77. The lowest BCUT2D eigenvalue weighted by Crippen LogP contribution is -2.26. The van der Waals surface area contributed by atoms with Crippen LogP contribution in [-0.4, -0.2) is 16.5 Å². The normalized spacial score (nSPS) is 12.3. The molecular weight excluding hydrogens is 277 g/mol. The summed E-state index contributed by atoms with van der Waals surface area (Å²) in [4.78, 5) is 8.51. The van der Waals surface area contributed by atoms with Crippen LogP contribution in [0.3, 0.4) is 0 Å². The largest absolute Gasteiger partial charge is 0.307 e. The van der Waals surface area contributed by atoms with E-state index in [0.29, 0.717) is 22.8 Å². The van der Waals surface area contributed by atoms with Crippen molar-refractivity contribution >= 4 is 11.6 Å². The molecule has 0 aliphatic carbocycles. The molecule has 0 spiro atoms. The van der Waals surface area contributed by atoms with E-state index in [1.54, 1.807) is 30.6 Å². The molecule has 0 aliphatic heterocycles. The molecule has 0 fully saturated rings. The third-order valence-corrected chi connectivity index (χ3v) is 3.21. The Kier molecular flexibility index (Phi) is 5.44. The maximum Gasteiger partial charge on any atom is 0.145 e. The Morgan fingerprint density at radius 2 is 2.05 bits per heavy atom. The van der Waals surface area contributed by atoms with Crippen molar-refractivity contribution in [1.82, 2.24) is 15.3 Å². The topological polar surface area (TPSA) is 37.8 Å². The molecule has 106 valence electrons. The molecule has 20 heavy (non-hydrogen) atoms. The molecule has 1 heterocycles. The van der Waals surface area contributed by atoms with Crippen molar-refractivity contribution in [2.75, 3.05) is 6.54 Å². The second-order valence-corrected chi connectivity index (χ2v) is 4.99. The minimum absolute atomic E-state index is 0.105. The summed E-state index contributed by atoms with van der Waals surface area (Å²) in [6.45, 7) is 2.91. The molecule has 0 bridgehead atoms. The summed E-state index contributed by atoms with van der Waals surface area (Å²) in [6.07, 6.45) is 4.88. The van der Waals surface area contributed by atoms with Crippen molar-refractivity contribution < 1.29 is 4.39 Å². The molecule has 1 N–H and O–H groups in total. The van der Waals surface area contributed by atoms with Gasteiger partial charge in [-0.15, -0.1) is 0 Å². The Labute approximate surface area is 123 Å². The highest BCUT2D eigenvalue weighted by Crippen LogP contribution is 2.20. The zero-order valence-electron chi connectivity index (χ0n) is 11.3. The van der Waals surface area contributed by atoms with Gasteiger partial charge in [-0.3, -0.25) is 0 Å². The van der Waals surface area contributed by atoms with Crippen molar-refractivity contribution in [3.05, 3.63) is 58.9 Å². The summed E-state index contributed by atoms with van der Waals surface area (Å²) in [7, 11) is 0. The third-order valence-electron chi connectivity index (χ3n) is 2.98. The van der Waals surface area contributed by atoms with E-state index in [9.17, 15) is 4.39 Å². The quantitative estimate of drug-likeness (QED) is 0.885. The van der Waals surface area contributed by atoms with Gasteiger partial charge in [0.05, 0.1) is 6.04 Å². The number of nitrogens with zero attached hydrogens (tertiary/aromatic N) is 2. The van der Waals surface area contributed by atoms with Crippen LogP contribution in [-0.2, 0) is 6.42 Å². The van der Waals surface area contributed by atoms with Gasteiger partial charge in [0.2, 0.25) is 0 Å². The van der Waals surface area contributed by atoms with E-state index >= 15 is 0 Å². The first kappa shape index (κ1) is 14.9. The monoisotopic (exact) mass is 293 g/mol. The van der Waals surface area contributed by atoms with Gasteiger partial charge in [0.25, 0.3) is 0 Å². The van der Waals surface area contributed by atoms with Gasteiger partial charge in [0.1, 0.15) is 11.6 Å². The van der Waals surface area contributed by atoms with Gasteiger partial charge in [-0.1, -0.05) is 24.6 Å². The molecule has 1 aromatic carbocycles. The number of hydrogen-bond donors (Lipinski definition) is 1. The van der Waals surface area contributed by atoms with E-state index < -0.39 is 0 Å². The lowest BCUT2D eigenvalue weighted by atomic mass is 10.0. The predicted octanol–water partition coefficient (Wildman–Crippen LogP) is 3.55. The number of nitrogens with one attached hydrogen (secondary N) is 1. The Balaban J connectivity index is 2.19. The molecule has 5 heteroatoms. The van der Waals surface area contributed by atoms with Crippen LogP contribution < -0.4 is 5.32 Å². The van der Waals surface area contributed by atoms with E-state index in [1.165, 1.54) is 6.07 Å². The lowest BCUT2D eigenvalue weighted by Gasteiger charge is -2.17. The van der Waals surface area contributed by atoms with Gasteiger partial charge in [-0.2, -0.15) is 0 Å². The highest BCUT2D eigenvalue weighted by atomic mass is 35.5. The molecule has 0 amide bonds. The first-order valence-corrected chi connectivity index (χ1v) is 7.02. The van der Waals surface area contributed by atoms with Crippen LogP contribution in [0.1, 0.15) is 30.8 Å². The Hall–Kier alpha value is -1.52. The molecule has 2 aromatic rings. The highest BCUT2D eigenvalue weighted by Gasteiger charge is 2.16. The number of halogens is 2. The fourth-order valence-corrected chi connectivity index (χ4v) is 2.13. The summed E-state index contributed by atoms with van der Waals surface area (Å²) in [5, 5.41) is 3.75. The third kappa shape index (κ3) is 3.99. The molecule has 0 aliphatic rings. The fraction of sp³-hybridized carbons (Fsp3) is 0.333. The van der Waals surface area contributed by atoms with Crippen molar-refractivity contribution in [3.63, 3.8) is 0 Å². The van der Waals surface area contributed by atoms with Crippen molar-refractivity contribution in [2.45, 2.75) is 25.8 Å². The van der Waals surface area contributed by atoms with Crippen LogP contribution in [0.2, 0.25) is 5.02 Å². The minimum Gasteiger partial charge on any atom is -0.307 e. The lowest BCUT2D eigenvalue weighted by molar-refractivity contribution is 0.492. The summed E-state index contributed by atoms with van der Waals surface area (Å²) in [5.41, 5.74) is 0.607. The van der Waals surface area contributed by atoms with Crippen molar-refractivity contribution in [2.24, 2.45) is 0 Å². The number of aromatic nitrogens is 2. The van der Waals surface area contributed by atoms with Crippen LogP contribution >= 0.6 is 11.6 Å². The molecule has 2 rings (SSSR count). The van der Waals surface area contributed by atoms with E-state index in [-0.39, 0.29) is 11.9 Å². The molecule has 1 aromatic heterocycles. The maximum absolute atomic E-state index is 13.9. The van der Waals surface area contributed by atoms with Gasteiger partial charge in [0.15, 0.2) is 0 Å². The molecule has 0 radical (unpaired) electrons. The molecule has 1 atom stereocenters. The van der Waals surface area contributed by atoms with Crippen LogP contribution in [0.15, 0.2) is 36.7 Å². The van der Waals surface area contributed by atoms with E-state index in [1.807, 2.05) is 0 Å². The molecule has 0 saturated heterocycles. The van der Waals surface area contributed by atoms with Crippen LogP contribution in [0.4, 0.5) is 4.39 Å². The molecule has 0 saturated carbocycles. The van der Waals surface area contributed by atoms with Crippen molar-refractivity contribution in [3.8, 4) is 0 Å². The second kappa shape index (κ2) is 7.31.